The van der Waals surface area contributed by atoms with Crippen molar-refractivity contribution in [3.05, 3.63) is 59.7 Å². The number of hydrogen-bond donors (Lipinski definition) is 1. The zero-order valence-corrected chi connectivity index (χ0v) is 11.2. The van der Waals surface area contributed by atoms with E-state index in [1.165, 1.54) is 4.90 Å². The number of carbonyl (C=O) groups is 2. The van der Waals surface area contributed by atoms with Crippen molar-refractivity contribution >= 4 is 11.9 Å². The van der Waals surface area contributed by atoms with Crippen molar-refractivity contribution in [2.75, 3.05) is 6.54 Å². The van der Waals surface area contributed by atoms with Gasteiger partial charge in [0.25, 0.3) is 5.91 Å². The van der Waals surface area contributed by atoms with Gasteiger partial charge in [-0.15, -0.1) is 0 Å². The van der Waals surface area contributed by atoms with E-state index < -0.39 is 5.97 Å². The van der Waals surface area contributed by atoms with Crippen LogP contribution in [-0.2, 0) is 11.3 Å². The molecule has 2 aromatic rings. The maximum atomic E-state index is 12.0. The maximum Gasteiger partial charge on any atom is 0.323 e. The van der Waals surface area contributed by atoms with E-state index in [4.69, 9.17) is 9.84 Å². The Bertz CT molecular complexity index is 697. The van der Waals surface area contributed by atoms with Gasteiger partial charge in [-0.3, -0.25) is 9.59 Å². The summed E-state index contributed by atoms with van der Waals surface area (Å²) in [5, 5.41) is 8.80. The number of nitrogens with zero attached hydrogens (tertiary/aromatic N) is 1. The molecule has 0 aromatic heterocycles. The molecule has 1 amide bonds. The average Bonchev–Trinajstić information content (AvgIpc) is 2.75. The van der Waals surface area contributed by atoms with Gasteiger partial charge in [-0.25, -0.2) is 0 Å². The number of fused-ring (bicyclic) bond motifs is 1. The topological polar surface area (TPSA) is 66.8 Å². The Morgan fingerprint density at radius 2 is 1.90 bits per heavy atom. The normalized spacial score (nSPS) is 13.1. The highest BCUT2D eigenvalue weighted by molar-refractivity contribution is 5.99. The minimum atomic E-state index is -1.02. The summed E-state index contributed by atoms with van der Waals surface area (Å²) in [5.41, 5.74) is 1.33. The summed E-state index contributed by atoms with van der Waals surface area (Å²) in [5.74, 6) is 0.0738. The molecule has 0 bridgehead atoms. The van der Waals surface area contributed by atoms with Gasteiger partial charge >= 0.3 is 5.97 Å². The lowest BCUT2D eigenvalue weighted by Gasteiger charge is -2.11. The van der Waals surface area contributed by atoms with Crippen LogP contribution in [0.5, 0.6) is 11.5 Å². The minimum Gasteiger partial charge on any atom is -0.480 e. The number of aliphatic carboxylic acids is 1. The molecule has 1 heterocycles. The van der Waals surface area contributed by atoms with Crippen LogP contribution in [0.15, 0.2) is 48.5 Å². The van der Waals surface area contributed by atoms with Gasteiger partial charge in [0, 0.05) is 12.1 Å². The molecule has 0 unspecified atom stereocenters. The molecule has 1 aliphatic rings. The second-order valence-corrected chi connectivity index (χ2v) is 4.79. The maximum absolute atomic E-state index is 12.0. The van der Waals surface area contributed by atoms with Crippen molar-refractivity contribution in [1.29, 1.82) is 0 Å². The molecule has 0 atom stereocenters. The third kappa shape index (κ3) is 2.72. The van der Waals surface area contributed by atoms with E-state index in [0.717, 1.165) is 5.56 Å². The lowest BCUT2D eigenvalue weighted by atomic mass is 10.1. The molecule has 1 aliphatic heterocycles. The monoisotopic (exact) mass is 283 g/mol. The zero-order valence-electron chi connectivity index (χ0n) is 11.2. The van der Waals surface area contributed by atoms with Gasteiger partial charge in [-0.2, -0.15) is 0 Å². The van der Waals surface area contributed by atoms with Crippen molar-refractivity contribution in [3.8, 4) is 11.5 Å². The Labute approximate surface area is 121 Å². The second-order valence-electron chi connectivity index (χ2n) is 4.79. The number of carbonyl (C=O) groups excluding carboxylic acids is 1. The van der Waals surface area contributed by atoms with Crippen molar-refractivity contribution in [1.82, 2.24) is 4.90 Å². The standard InChI is InChI=1S/C16H13NO4/c18-15(19)10-17-9-11-8-13(6-7-14(11)16(17)20)21-12-4-2-1-3-5-12/h1-8H,9-10H2,(H,18,19). The molecule has 106 valence electrons. The first kappa shape index (κ1) is 13.2. The fourth-order valence-electron chi connectivity index (χ4n) is 2.34. The lowest BCUT2D eigenvalue weighted by Crippen LogP contribution is -2.29. The van der Waals surface area contributed by atoms with E-state index in [2.05, 4.69) is 0 Å². The Morgan fingerprint density at radius 1 is 1.14 bits per heavy atom. The van der Waals surface area contributed by atoms with Gasteiger partial charge in [0.2, 0.25) is 0 Å². The van der Waals surface area contributed by atoms with Crippen LogP contribution in [0.2, 0.25) is 0 Å². The fraction of sp³-hybridized carbons (Fsp3) is 0.125. The van der Waals surface area contributed by atoms with Crippen LogP contribution in [0.4, 0.5) is 0 Å². The average molecular weight is 283 g/mol. The molecule has 0 saturated heterocycles. The molecule has 0 radical (unpaired) electrons. The molecule has 2 aromatic carbocycles. The quantitative estimate of drug-likeness (QED) is 0.936. The fourth-order valence-corrected chi connectivity index (χ4v) is 2.34. The first-order valence-electron chi connectivity index (χ1n) is 6.50. The van der Waals surface area contributed by atoms with Crippen molar-refractivity contribution in [2.24, 2.45) is 0 Å². The molecule has 0 spiro atoms. The number of amides is 1. The number of carboxylic acids is 1. The highest BCUT2D eigenvalue weighted by Gasteiger charge is 2.28. The number of rotatable bonds is 4. The van der Waals surface area contributed by atoms with Crippen molar-refractivity contribution < 1.29 is 19.4 Å². The Hall–Kier alpha value is -2.82. The van der Waals surface area contributed by atoms with E-state index in [0.29, 0.717) is 23.6 Å². The van der Waals surface area contributed by atoms with Gasteiger partial charge in [-0.05, 0) is 35.9 Å². The summed E-state index contributed by atoms with van der Waals surface area (Å²) < 4.78 is 5.71. The summed E-state index contributed by atoms with van der Waals surface area (Å²) in [6.07, 6.45) is 0. The van der Waals surface area contributed by atoms with Gasteiger partial charge in [0.1, 0.15) is 18.0 Å². The Kier molecular flexibility index (Phi) is 3.31. The third-order valence-corrected chi connectivity index (χ3v) is 3.26. The molecule has 3 rings (SSSR count). The molecule has 21 heavy (non-hydrogen) atoms. The summed E-state index contributed by atoms with van der Waals surface area (Å²) in [6.45, 7) is 0.00878. The third-order valence-electron chi connectivity index (χ3n) is 3.26. The van der Waals surface area contributed by atoms with Gasteiger partial charge in [0.05, 0.1) is 0 Å². The van der Waals surface area contributed by atoms with Gasteiger partial charge in [0.15, 0.2) is 0 Å². The SMILES string of the molecule is O=C(O)CN1Cc2cc(Oc3ccccc3)ccc2C1=O. The number of benzene rings is 2. The second kappa shape index (κ2) is 5.28. The predicted molar refractivity (Wildman–Crippen MR) is 75.3 cm³/mol. The van der Waals surface area contributed by atoms with Crippen molar-refractivity contribution in [3.63, 3.8) is 0 Å². The zero-order chi connectivity index (χ0) is 14.8. The summed E-state index contributed by atoms with van der Waals surface area (Å²) in [7, 11) is 0. The summed E-state index contributed by atoms with van der Waals surface area (Å²) in [4.78, 5) is 24.1. The Morgan fingerprint density at radius 3 is 2.62 bits per heavy atom. The van der Waals surface area contributed by atoms with Crippen LogP contribution in [0.25, 0.3) is 0 Å². The molecule has 0 fully saturated rings. The molecule has 5 heteroatoms. The van der Waals surface area contributed by atoms with Crippen LogP contribution >= 0.6 is 0 Å². The Balaban J connectivity index is 1.81. The van der Waals surface area contributed by atoms with Gasteiger partial charge in [-0.1, -0.05) is 18.2 Å². The molecular weight excluding hydrogens is 270 g/mol. The first-order chi connectivity index (χ1) is 10.1. The molecule has 0 saturated carbocycles. The van der Waals surface area contributed by atoms with E-state index in [1.54, 1.807) is 18.2 Å². The highest BCUT2D eigenvalue weighted by atomic mass is 16.5. The van der Waals surface area contributed by atoms with E-state index >= 15 is 0 Å². The minimum absolute atomic E-state index is 0.251. The van der Waals surface area contributed by atoms with Gasteiger partial charge < -0.3 is 14.7 Å². The first-order valence-corrected chi connectivity index (χ1v) is 6.50. The van der Waals surface area contributed by atoms with Crippen LogP contribution in [0, 0.1) is 0 Å². The van der Waals surface area contributed by atoms with E-state index in [9.17, 15) is 9.59 Å². The van der Waals surface area contributed by atoms with Crippen LogP contribution in [0.3, 0.4) is 0 Å². The largest absolute Gasteiger partial charge is 0.480 e. The van der Waals surface area contributed by atoms with E-state index in [-0.39, 0.29) is 12.5 Å². The highest BCUT2D eigenvalue weighted by Crippen LogP contribution is 2.29. The molecule has 1 N–H and O–H groups in total. The van der Waals surface area contributed by atoms with Crippen LogP contribution in [0.1, 0.15) is 15.9 Å². The summed E-state index contributed by atoms with van der Waals surface area (Å²) >= 11 is 0. The number of para-hydroxylation sites is 1. The molecule has 0 aliphatic carbocycles. The predicted octanol–water partition coefficient (Wildman–Crippen LogP) is 2.52. The number of ether oxygens (including phenoxy) is 1. The van der Waals surface area contributed by atoms with Crippen molar-refractivity contribution in [2.45, 2.75) is 6.54 Å². The molecule has 5 nitrogen and oxygen atoms in total. The van der Waals surface area contributed by atoms with E-state index in [1.807, 2.05) is 30.3 Å². The number of carboxylic acid groups (broad SMARTS) is 1. The number of hydrogen-bond acceptors (Lipinski definition) is 3. The smallest absolute Gasteiger partial charge is 0.323 e. The van der Waals surface area contributed by atoms with Crippen LogP contribution < -0.4 is 4.74 Å². The van der Waals surface area contributed by atoms with Crippen LogP contribution in [-0.4, -0.2) is 28.4 Å². The lowest BCUT2D eigenvalue weighted by molar-refractivity contribution is -0.137. The molecular formula is C16H13NO4. The summed E-state index contributed by atoms with van der Waals surface area (Å²) in [6, 6.07) is 14.5.